The average molecular weight is 315 g/mol. The van der Waals surface area contributed by atoms with E-state index < -0.39 is 5.54 Å². The summed E-state index contributed by atoms with van der Waals surface area (Å²) in [6.07, 6.45) is 2.59. The van der Waals surface area contributed by atoms with Crippen LogP contribution in [-0.2, 0) is 4.79 Å². The Morgan fingerprint density at radius 1 is 1.04 bits per heavy atom. The first-order valence-corrected chi connectivity index (χ1v) is 8.50. The second kappa shape index (κ2) is 6.71. The van der Waals surface area contributed by atoms with Gasteiger partial charge in [0.2, 0.25) is 5.91 Å². The topological polar surface area (TPSA) is 52.7 Å². The van der Waals surface area contributed by atoms with Gasteiger partial charge in [0, 0.05) is 31.7 Å². The summed E-state index contributed by atoms with van der Waals surface area (Å²) in [7, 11) is 0. The molecule has 1 N–H and O–H groups in total. The summed E-state index contributed by atoms with van der Waals surface area (Å²) in [6.45, 7) is 5.86. The predicted molar refractivity (Wildman–Crippen MR) is 89.2 cm³/mol. The first-order chi connectivity index (χ1) is 11.1. The summed E-state index contributed by atoms with van der Waals surface area (Å²) in [4.78, 5) is 29.7. The van der Waals surface area contributed by atoms with E-state index in [0.717, 1.165) is 45.4 Å². The Kier molecular flexibility index (Phi) is 4.66. The fourth-order valence-corrected chi connectivity index (χ4v) is 3.64. The molecule has 5 nitrogen and oxygen atoms in total. The summed E-state index contributed by atoms with van der Waals surface area (Å²) in [5.41, 5.74) is -0.0528. The molecule has 0 aliphatic carbocycles. The summed E-state index contributed by atoms with van der Waals surface area (Å²) >= 11 is 0. The Bertz CT molecular complexity index is 567. The first kappa shape index (κ1) is 16.0. The van der Waals surface area contributed by atoms with Gasteiger partial charge in [-0.3, -0.25) is 9.59 Å². The molecule has 2 fully saturated rings. The normalized spacial score (nSPS) is 25.3. The molecule has 124 valence electrons. The minimum absolute atomic E-state index is 0.0353. The highest BCUT2D eigenvalue weighted by Gasteiger charge is 2.47. The van der Waals surface area contributed by atoms with Crippen molar-refractivity contribution in [2.45, 2.75) is 31.7 Å². The molecule has 1 aromatic rings. The number of hydrogen-bond acceptors (Lipinski definition) is 3. The van der Waals surface area contributed by atoms with E-state index in [0.29, 0.717) is 12.1 Å². The molecular formula is C18H25N3O2. The Hall–Kier alpha value is -1.88. The third-order valence-electron chi connectivity index (χ3n) is 4.99. The summed E-state index contributed by atoms with van der Waals surface area (Å²) in [5, 5.41) is 3.32. The van der Waals surface area contributed by atoms with Crippen molar-refractivity contribution in [2.24, 2.45) is 0 Å². The summed E-state index contributed by atoms with van der Waals surface area (Å²) < 4.78 is 0. The lowest BCUT2D eigenvalue weighted by Gasteiger charge is -2.38. The van der Waals surface area contributed by atoms with E-state index in [9.17, 15) is 9.59 Å². The number of hydrogen-bond donors (Lipinski definition) is 1. The second-order valence-corrected chi connectivity index (χ2v) is 6.60. The number of amides is 2. The number of carbonyl (C=O) groups is 2. The minimum atomic E-state index is -0.711. The maximum atomic E-state index is 13.1. The lowest BCUT2D eigenvalue weighted by Crippen LogP contribution is -2.57. The lowest BCUT2D eigenvalue weighted by molar-refractivity contribution is -0.140. The van der Waals surface area contributed by atoms with Gasteiger partial charge < -0.3 is 15.1 Å². The SMILES string of the molecule is CC1(C(=O)N2CCCNCC2)CCCN1C(=O)c1ccccc1. The number of likely N-dealkylation sites (tertiary alicyclic amines) is 1. The van der Waals surface area contributed by atoms with Gasteiger partial charge in [-0.1, -0.05) is 18.2 Å². The van der Waals surface area contributed by atoms with Crippen LogP contribution in [0.2, 0.25) is 0 Å². The molecule has 2 aliphatic heterocycles. The van der Waals surface area contributed by atoms with Crippen molar-refractivity contribution in [1.29, 1.82) is 0 Å². The third kappa shape index (κ3) is 3.11. The smallest absolute Gasteiger partial charge is 0.254 e. The van der Waals surface area contributed by atoms with Crippen LogP contribution in [0.5, 0.6) is 0 Å². The van der Waals surface area contributed by atoms with Gasteiger partial charge in [-0.15, -0.1) is 0 Å². The van der Waals surface area contributed by atoms with Crippen molar-refractivity contribution in [3.8, 4) is 0 Å². The van der Waals surface area contributed by atoms with Crippen LogP contribution in [0, 0.1) is 0 Å². The zero-order valence-corrected chi connectivity index (χ0v) is 13.8. The minimum Gasteiger partial charge on any atom is -0.339 e. The molecule has 0 radical (unpaired) electrons. The van der Waals surface area contributed by atoms with Crippen molar-refractivity contribution >= 4 is 11.8 Å². The third-order valence-corrected chi connectivity index (χ3v) is 4.99. The number of benzene rings is 1. The van der Waals surface area contributed by atoms with E-state index in [2.05, 4.69) is 5.32 Å². The molecule has 0 aromatic heterocycles. The van der Waals surface area contributed by atoms with E-state index in [4.69, 9.17) is 0 Å². The maximum absolute atomic E-state index is 13.1. The highest BCUT2D eigenvalue weighted by atomic mass is 16.2. The van der Waals surface area contributed by atoms with Gasteiger partial charge >= 0.3 is 0 Å². The highest BCUT2D eigenvalue weighted by Crippen LogP contribution is 2.32. The zero-order valence-electron chi connectivity index (χ0n) is 13.8. The average Bonchev–Trinajstić information content (AvgIpc) is 2.80. The molecule has 2 saturated heterocycles. The van der Waals surface area contributed by atoms with Gasteiger partial charge in [0.15, 0.2) is 0 Å². The van der Waals surface area contributed by atoms with E-state index >= 15 is 0 Å². The molecule has 0 saturated carbocycles. The van der Waals surface area contributed by atoms with Crippen molar-refractivity contribution < 1.29 is 9.59 Å². The molecule has 2 heterocycles. The standard InChI is InChI=1S/C18H25N3O2/c1-18(17(23)20-12-6-10-19-11-14-20)9-5-13-21(18)16(22)15-7-3-2-4-8-15/h2-4,7-8,19H,5-6,9-14H2,1H3. The first-order valence-electron chi connectivity index (χ1n) is 8.50. The fraction of sp³-hybridized carbons (Fsp3) is 0.556. The van der Waals surface area contributed by atoms with Gasteiger partial charge in [-0.2, -0.15) is 0 Å². The van der Waals surface area contributed by atoms with Crippen LogP contribution in [0.4, 0.5) is 0 Å². The molecular weight excluding hydrogens is 290 g/mol. The Labute approximate surface area is 137 Å². The van der Waals surface area contributed by atoms with Crippen LogP contribution in [0.25, 0.3) is 0 Å². The van der Waals surface area contributed by atoms with Crippen molar-refractivity contribution in [1.82, 2.24) is 15.1 Å². The highest BCUT2D eigenvalue weighted by molar-refractivity contribution is 5.99. The van der Waals surface area contributed by atoms with Crippen molar-refractivity contribution in [3.05, 3.63) is 35.9 Å². The quantitative estimate of drug-likeness (QED) is 0.900. The Morgan fingerprint density at radius 3 is 2.61 bits per heavy atom. The number of nitrogens with zero attached hydrogens (tertiary/aromatic N) is 2. The van der Waals surface area contributed by atoms with Crippen LogP contribution in [0.15, 0.2) is 30.3 Å². The van der Waals surface area contributed by atoms with Gasteiger partial charge in [-0.25, -0.2) is 0 Å². The molecule has 1 unspecified atom stereocenters. The van der Waals surface area contributed by atoms with Crippen LogP contribution in [0.3, 0.4) is 0 Å². The monoisotopic (exact) mass is 315 g/mol. The molecule has 5 heteroatoms. The Balaban J connectivity index is 1.81. The lowest BCUT2D eigenvalue weighted by atomic mass is 9.95. The number of carbonyl (C=O) groups excluding carboxylic acids is 2. The molecule has 2 aliphatic rings. The fourth-order valence-electron chi connectivity index (χ4n) is 3.64. The van der Waals surface area contributed by atoms with Crippen LogP contribution in [-0.4, -0.2) is 59.9 Å². The molecule has 3 rings (SSSR count). The predicted octanol–water partition coefficient (Wildman–Crippen LogP) is 1.50. The van der Waals surface area contributed by atoms with Gasteiger partial charge in [0.25, 0.3) is 5.91 Å². The van der Waals surface area contributed by atoms with Crippen LogP contribution in [0.1, 0.15) is 36.5 Å². The van der Waals surface area contributed by atoms with E-state index in [1.165, 1.54) is 0 Å². The Morgan fingerprint density at radius 2 is 1.83 bits per heavy atom. The van der Waals surface area contributed by atoms with Gasteiger partial charge in [0.1, 0.15) is 5.54 Å². The second-order valence-electron chi connectivity index (χ2n) is 6.60. The summed E-state index contributed by atoms with van der Waals surface area (Å²) in [5.74, 6) is 0.0647. The maximum Gasteiger partial charge on any atom is 0.254 e. The van der Waals surface area contributed by atoms with Crippen LogP contribution < -0.4 is 5.32 Å². The van der Waals surface area contributed by atoms with Crippen molar-refractivity contribution in [2.75, 3.05) is 32.7 Å². The van der Waals surface area contributed by atoms with E-state index in [1.54, 1.807) is 4.90 Å². The summed E-state index contributed by atoms with van der Waals surface area (Å²) in [6, 6.07) is 9.27. The molecule has 2 amide bonds. The number of nitrogens with one attached hydrogen (secondary N) is 1. The molecule has 0 spiro atoms. The number of rotatable bonds is 2. The molecule has 1 aromatic carbocycles. The largest absolute Gasteiger partial charge is 0.339 e. The van der Waals surface area contributed by atoms with Gasteiger partial charge in [0.05, 0.1) is 0 Å². The van der Waals surface area contributed by atoms with E-state index in [1.807, 2.05) is 42.2 Å². The molecule has 23 heavy (non-hydrogen) atoms. The molecule has 0 bridgehead atoms. The molecule has 1 atom stereocenters. The van der Waals surface area contributed by atoms with Crippen LogP contribution >= 0.6 is 0 Å². The van der Waals surface area contributed by atoms with E-state index in [-0.39, 0.29) is 11.8 Å². The zero-order chi connectivity index (χ0) is 16.3. The van der Waals surface area contributed by atoms with Crippen molar-refractivity contribution in [3.63, 3.8) is 0 Å². The van der Waals surface area contributed by atoms with Gasteiger partial charge in [-0.05, 0) is 44.9 Å².